The zero-order valence-corrected chi connectivity index (χ0v) is 30.5. The molecule has 0 aliphatic heterocycles. The van der Waals surface area contributed by atoms with Gasteiger partial charge in [0.1, 0.15) is 0 Å². The maximum atomic E-state index is 12.7. The summed E-state index contributed by atoms with van der Waals surface area (Å²) in [4.78, 5) is 22.6. The maximum absolute atomic E-state index is 12.7. The number of nitrogens with two attached hydrogens (primary N) is 1. The lowest BCUT2D eigenvalue weighted by molar-refractivity contribution is -0.124. The Morgan fingerprint density at radius 1 is 0.723 bits per heavy atom. The number of hydrogen-bond acceptors (Lipinski definition) is 7. The largest absolute Gasteiger partial charge is 0.472 e. The summed E-state index contributed by atoms with van der Waals surface area (Å²) in [5.74, 6) is -0.474. The van der Waals surface area contributed by atoms with E-state index in [2.05, 4.69) is 55.6 Å². The van der Waals surface area contributed by atoms with E-state index >= 15 is 0 Å². The van der Waals surface area contributed by atoms with Gasteiger partial charge in [-0.25, -0.2) is 4.57 Å². The lowest BCUT2D eigenvalue weighted by Gasteiger charge is -2.24. The summed E-state index contributed by atoms with van der Waals surface area (Å²) in [5.41, 5.74) is 5.33. The molecule has 0 aromatic rings. The van der Waals surface area contributed by atoms with Gasteiger partial charge in [-0.2, -0.15) is 0 Å². The second-order valence-corrected chi connectivity index (χ2v) is 13.7. The van der Waals surface area contributed by atoms with Crippen LogP contribution in [0.2, 0.25) is 0 Å². The highest BCUT2D eigenvalue weighted by atomic mass is 31.2. The highest BCUT2D eigenvalue weighted by molar-refractivity contribution is 7.47. The Labute approximate surface area is 286 Å². The minimum absolute atomic E-state index is 0.0390. The van der Waals surface area contributed by atoms with E-state index in [1.54, 1.807) is 6.08 Å². The van der Waals surface area contributed by atoms with Crippen LogP contribution in [-0.2, 0) is 18.4 Å². The number of phosphoric acid groups is 1. The van der Waals surface area contributed by atoms with Gasteiger partial charge in [-0.05, 0) is 64.2 Å². The van der Waals surface area contributed by atoms with Crippen molar-refractivity contribution >= 4 is 13.7 Å². The van der Waals surface area contributed by atoms with Crippen molar-refractivity contribution in [3.05, 3.63) is 48.6 Å². The molecule has 0 saturated carbocycles. The van der Waals surface area contributed by atoms with Crippen LogP contribution in [0.1, 0.15) is 142 Å². The summed E-state index contributed by atoms with van der Waals surface area (Å²) in [5, 5.41) is 23.8. The number of aliphatic hydroxyl groups excluding tert-OH is 2. The van der Waals surface area contributed by atoms with Crippen LogP contribution >= 0.6 is 7.82 Å². The maximum Gasteiger partial charge on any atom is 0.472 e. The fourth-order valence-electron chi connectivity index (χ4n) is 4.85. The Hall–Kier alpha value is -1.58. The first-order valence-corrected chi connectivity index (χ1v) is 19.8. The number of nitrogens with one attached hydrogen (secondary N) is 1. The van der Waals surface area contributed by atoms with Crippen molar-refractivity contribution in [1.29, 1.82) is 0 Å². The first kappa shape index (κ1) is 45.4. The zero-order chi connectivity index (χ0) is 34.9. The van der Waals surface area contributed by atoms with E-state index in [-0.39, 0.29) is 19.6 Å². The Kier molecular flexibility index (Phi) is 31.8. The summed E-state index contributed by atoms with van der Waals surface area (Å²) in [6.07, 6.45) is 34.9. The van der Waals surface area contributed by atoms with Crippen molar-refractivity contribution < 1.29 is 33.5 Å². The molecule has 0 saturated heterocycles. The summed E-state index contributed by atoms with van der Waals surface area (Å²) >= 11 is 0. The van der Waals surface area contributed by atoms with Gasteiger partial charge in [0.25, 0.3) is 0 Å². The average molecular weight is 685 g/mol. The van der Waals surface area contributed by atoms with E-state index in [0.29, 0.717) is 12.8 Å². The van der Waals surface area contributed by atoms with Crippen molar-refractivity contribution in [2.24, 2.45) is 5.73 Å². The van der Waals surface area contributed by atoms with Crippen LogP contribution in [0.15, 0.2) is 48.6 Å². The van der Waals surface area contributed by atoms with E-state index in [4.69, 9.17) is 14.8 Å². The number of hydrogen-bond donors (Lipinski definition) is 5. The molecule has 47 heavy (non-hydrogen) atoms. The van der Waals surface area contributed by atoms with Gasteiger partial charge in [0.15, 0.2) is 0 Å². The second-order valence-electron chi connectivity index (χ2n) is 12.2. The van der Waals surface area contributed by atoms with Crippen molar-refractivity contribution in [3.8, 4) is 0 Å². The van der Waals surface area contributed by atoms with E-state index in [0.717, 1.165) is 64.2 Å². The zero-order valence-electron chi connectivity index (χ0n) is 29.6. The number of carbonyl (C=O) groups excluding carboxylic acids is 1. The average Bonchev–Trinajstić information content (AvgIpc) is 3.04. The van der Waals surface area contributed by atoms with E-state index in [1.807, 2.05) is 0 Å². The summed E-state index contributed by atoms with van der Waals surface area (Å²) < 4.78 is 21.9. The normalized spacial score (nSPS) is 15.6. The predicted molar refractivity (Wildman–Crippen MR) is 195 cm³/mol. The molecule has 0 bridgehead atoms. The third-order valence-corrected chi connectivity index (χ3v) is 8.62. The van der Waals surface area contributed by atoms with Gasteiger partial charge in [0.2, 0.25) is 5.91 Å². The molecule has 4 atom stereocenters. The van der Waals surface area contributed by atoms with E-state index in [1.165, 1.54) is 51.0 Å². The molecular formula is C37H69N2O7P. The molecule has 4 unspecified atom stereocenters. The molecule has 0 rings (SSSR count). The first-order valence-electron chi connectivity index (χ1n) is 18.3. The third-order valence-electron chi connectivity index (χ3n) is 7.64. The Balaban J connectivity index is 4.52. The monoisotopic (exact) mass is 684 g/mol. The molecule has 0 aliphatic rings. The number of allylic oxidation sites excluding steroid dienone is 7. The Morgan fingerprint density at radius 2 is 1.26 bits per heavy atom. The van der Waals surface area contributed by atoms with Gasteiger partial charge >= 0.3 is 7.82 Å². The summed E-state index contributed by atoms with van der Waals surface area (Å²) in [6, 6.07) is -1.01. The van der Waals surface area contributed by atoms with Crippen LogP contribution < -0.4 is 11.1 Å². The second kappa shape index (κ2) is 32.9. The number of phosphoric ester groups is 1. The molecule has 0 fully saturated rings. The van der Waals surface area contributed by atoms with Crippen molar-refractivity contribution in [2.45, 2.75) is 161 Å². The van der Waals surface area contributed by atoms with Gasteiger partial charge in [-0.3, -0.25) is 13.8 Å². The van der Waals surface area contributed by atoms with Crippen LogP contribution in [0, 0.1) is 0 Å². The number of rotatable bonds is 33. The lowest BCUT2D eigenvalue weighted by Crippen LogP contribution is -2.46. The molecule has 6 N–H and O–H groups in total. The molecule has 10 heteroatoms. The molecule has 9 nitrogen and oxygen atoms in total. The first-order chi connectivity index (χ1) is 22.8. The SMILES string of the molecule is CCC/C=C/CC/C=C/CC/C=C/C(O)C(COP(=O)(O)OCCN)NC(=O)CC(O)CCCCC/C=C\CCCCCCCCC. The van der Waals surface area contributed by atoms with E-state index < -0.39 is 38.6 Å². The van der Waals surface area contributed by atoms with Gasteiger partial charge in [0.05, 0.1) is 37.9 Å². The summed E-state index contributed by atoms with van der Waals surface area (Å²) in [6.45, 7) is 3.82. The van der Waals surface area contributed by atoms with Crippen LogP contribution in [-0.4, -0.2) is 59.0 Å². The molecule has 0 radical (unpaired) electrons. The number of unbranched alkanes of at least 4 members (excludes halogenated alkanes) is 13. The number of aliphatic hydroxyl groups is 2. The molecular weight excluding hydrogens is 615 g/mol. The highest BCUT2D eigenvalue weighted by Crippen LogP contribution is 2.43. The smallest absolute Gasteiger partial charge is 0.393 e. The van der Waals surface area contributed by atoms with Crippen LogP contribution in [0.25, 0.3) is 0 Å². The van der Waals surface area contributed by atoms with Crippen molar-refractivity contribution in [2.75, 3.05) is 19.8 Å². The standard InChI is InChI=1S/C37H69N2O7P/c1-3-5-7-9-11-13-15-16-17-19-20-22-24-26-28-34(40)32-37(42)39-35(33-46-47(43,44)45-31-30-38)36(41)29-27-25-23-21-18-14-12-10-8-6-4-2/h8,10,17-19,21,27,29,34-36,40-41H,3-7,9,11-16,20,22-26,28,30-33,38H2,1-2H3,(H,39,42)(H,43,44)/b10-8+,19-17-,21-18+,29-27+. The van der Waals surface area contributed by atoms with Gasteiger partial charge in [-0.15, -0.1) is 0 Å². The summed E-state index contributed by atoms with van der Waals surface area (Å²) in [7, 11) is -4.40. The van der Waals surface area contributed by atoms with Gasteiger partial charge in [0, 0.05) is 6.54 Å². The molecule has 0 aromatic carbocycles. The minimum atomic E-state index is -4.40. The number of carbonyl (C=O) groups is 1. The molecule has 0 aromatic heterocycles. The van der Waals surface area contributed by atoms with Crippen LogP contribution in [0.3, 0.4) is 0 Å². The molecule has 0 spiro atoms. The van der Waals surface area contributed by atoms with Crippen molar-refractivity contribution in [1.82, 2.24) is 5.32 Å². The lowest BCUT2D eigenvalue weighted by atomic mass is 10.1. The highest BCUT2D eigenvalue weighted by Gasteiger charge is 2.27. The van der Waals surface area contributed by atoms with Crippen molar-refractivity contribution in [3.63, 3.8) is 0 Å². The van der Waals surface area contributed by atoms with Gasteiger partial charge in [-0.1, -0.05) is 120 Å². The molecule has 1 amide bonds. The topological polar surface area (TPSA) is 151 Å². The van der Waals surface area contributed by atoms with Gasteiger partial charge < -0.3 is 26.2 Å². The quantitative estimate of drug-likeness (QED) is 0.0263. The van der Waals surface area contributed by atoms with Crippen LogP contribution in [0.5, 0.6) is 0 Å². The third kappa shape index (κ3) is 31.4. The Morgan fingerprint density at radius 3 is 1.85 bits per heavy atom. The molecule has 274 valence electrons. The molecule has 0 aliphatic carbocycles. The minimum Gasteiger partial charge on any atom is -0.393 e. The molecule has 0 heterocycles. The number of amides is 1. The fourth-order valence-corrected chi connectivity index (χ4v) is 5.61. The fraction of sp³-hybridized carbons (Fsp3) is 0.757. The Bertz CT molecular complexity index is 894. The van der Waals surface area contributed by atoms with E-state index in [9.17, 15) is 24.5 Å². The predicted octanol–water partition coefficient (Wildman–Crippen LogP) is 8.35. The van der Waals surface area contributed by atoms with Crippen LogP contribution in [0.4, 0.5) is 0 Å².